The van der Waals surface area contributed by atoms with Gasteiger partial charge in [0.1, 0.15) is 0 Å². The molecule has 1 aromatic rings. The van der Waals surface area contributed by atoms with Crippen molar-refractivity contribution in [3.63, 3.8) is 0 Å². The highest BCUT2D eigenvalue weighted by Gasteiger charge is 2.61. The Morgan fingerprint density at radius 3 is 2.00 bits per heavy atom. The lowest BCUT2D eigenvalue weighted by Gasteiger charge is -2.17. The van der Waals surface area contributed by atoms with E-state index >= 15 is 0 Å². The van der Waals surface area contributed by atoms with Gasteiger partial charge < -0.3 is 0 Å². The molecule has 4 heteroatoms. The molecule has 1 nitrogen and oxygen atoms in total. The molecule has 0 bridgehead atoms. The minimum atomic E-state index is -4.32. The zero-order valence-electron chi connectivity index (χ0n) is 7.47. The molecule has 0 radical (unpaired) electrons. The third-order valence-corrected chi connectivity index (χ3v) is 2.31. The van der Waals surface area contributed by atoms with Crippen molar-refractivity contribution < 1.29 is 13.2 Å². The number of halogens is 3. The lowest BCUT2D eigenvalue weighted by molar-refractivity contribution is -0.156. The lowest BCUT2D eigenvalue weighted by Crippen LogP contribution is -2.31. The van der Waals surface area contributed by atoms with Gasteiger partial charge in [-0.1, -0.05) is 29.8 Å². The predicted molar refractivity (Wildman–Crippen MR) is 47.4 cm³/mol. The van der Waals surface area contributed by atoms with Gasteiger partial charge in [0.15, 0.2) is 0 Å². The number of aliphatic imine (C=N–C) groups is 1. The maximum absolute atomic E-state index is 12.6. The smallest absolute Gasteiger partial charge is 0.267 e. The van der Waals surface area contributed by atoms with Crippen molar-refractivity contribution in [3.8, 4) is 0 Å². The van der Waals surface area contributed by atoms with Crippen LogP contribution in [0.4, 0.5) is 13.2 Å². The maximum atomic E-state index is 12.6. The van der Waals surface area contributed by atoms with Gasteiger partial charge in [-0.2, -0.15) is 13.2 Å². The molecule has 0 aliphatic carbocycles. The van der Waals surface area contributed by atoms with E-state index in [0.717, 1.165) is 11.8 Å². The normalized spacial score (nSPS) is 25.1. The summed E-state index contributed by atoms with van der Waals surface area (Å²) >= 11 is 0. The van der Waals surface area contributed by atoms with Gasteiger partial charge in [-0.3, -0.25) is 4.99 Å². The van der Waals surface area contributed by atoms with Gasteiger partial charge in [0, 0.05) is 6.21 Å². The summed E-state index contributed by atoms with van der Waals surface area (Å²) in [4.78, 5) is 3.36. The van der Waals surface area contributed by atoms with Crippen LogP contribution in [0, 0.1) is 6.92 Å². The van der Waals surface area contributed by atoms with Crippen molar-refractivity contribution in [1.29, 1.82) is 0 Å². The highest BCUT2D eigenvalue weighted by molar-refractivity contribution is 5.87. The first-order chi connectivity index (χ1) is 6.46. The van der Waals surface area contributed by atoms with Crippen LogP contribution in [-0.4, -0.2) is 12.4 Å². The third-order valence-electron chi connectivity index (χ3n) is 2.31. The molecule has 1 heterocycles. The van der Waals surface area contributed by atoms with E-state index in [1.165, 1.54) is 12.1 Å². The van der Waals surface area contributed by atoms with E-state index in [9.17, 15) is 13.2 Å². The molecule has 1 aliphatic rings. The summed E-state index contributed by atoms with van der Waals surface area (Å²) in [6.45, 7) is 1.83. The van der Waals surface area contributed by atoms with E-state index in [4.69, 9.17) is 0 Å². The summed E-state index contributed by atoms with van der Waals surface area (Å²) in [5.41, 5.74) is -0.900. The quantitative estimate of drug-likeness (QED) is 0.659. The number of hydrogen-bond acceptors (Lipinski definition) is 1. The second kappa shape index (κ2) is 2.59. The fourth-order valence-electron chi connectivity index (χ4n) is 1.33. The minimum absolute atomic E-state index is 0.190. The standard InChI is InChI=1S/C10H8F3N/c1-7-2-4-8(5-3-7)9(6-14-9)10(11,12)13/h2-6H,1H3. The first kappa shape index (κ1) is 9.24. The van der Waals surface area contributed by atoms with Gasteiger partial charge in [0.25, 0.3) is 0 Å². The van der Waals surface area contributed by atoms with Gasteiger partial charge in [-0.25, -0.2) is 0 Å². The van der Waals surface area contributed by atoms with Crippen LogP contribution in [0.25, 0.3) is 0 Å². The Bertz CT molecular complexity index is 369. The molecule has 1 unspecified atom stereocenters. The fraction of sp³-hybridized carbons (Fsp3) is 0.300. The molecule has 74 valence electrons. The van der Waals surface area contributed by atoms with E-state index in [0.29, 0.717) is 0 Å². The average molecular weight is 199 g/mol. The van der Waals surface area contributed by atoms with Crippen LogP contribution in [0.5, 0.6) is 0 Å². The van der Waals surface area contributed by atoms with Gasteiger partial charge in [-0.15, -0.1) is 0 Å². The maximum Gasteiger partial charge on any atom is 0.422 e. The van der Waals surface area contributed by atoms with Crippen molar-refractivity contribution in [2.45, 2.75) is 18.6 Å². The van der Waals surface area contributed by atoms with E-state index in [1.54, 1.807) is 12.1 Å². The zero-order chi connectivity index (χ0) is 10.4. The third kappa shape index (κ3) is 1.22. The van der Waals surface area contributed by atoms with Crippen LogP contribution in [-0.2, 0) is 5.54 Å². The molecule has 0 N–H and O–H groups in total. The molecule has 0 saturated carbocycles. The molecule has 0 aromatic heterocycles. The zero-order valence-corrected chi connectivity index (χ0v) is 7.47. The summed E-state index contributed by atoms with van der Waals surface area (Å²) in [6.07, 6.45) is -3.38. The molecule has 14 heavy (non-hydrogen) atoms. The summed E-state index contributed by atoms with van der Waals surface area (Å²) in [5, 5.41) is 0. The highest BCUT2D eigenvalue weighted by Crippen LogP contribution is 2.47. The van der Waals surface area contributed by atoms with Crippen molar-refractivity contribution >= 4 is 6.21 Å². The Morgan fingerprint density at radius 1 is 1.14 bits per heavy atom. The lowest BCUT2D eigenvalue weighted by atomic mass is 9.96. The first-order valence-electron chi connectivity index (χ1n) is 4.16. The van der Waals surface area contributed by atoms with E-state index in [1.807, 2.05) is 6.92 Å². The number of aryl methyl sites for hydroxylation is 1. The SMILES string of the molecule is Cc1ccc(C2(C(F)(F)F)C=N2)cc1. The fourth-order valence-corrected chi connectivity index (χ4v) is 1.33. The number of nitrogens with zero attached hydrogens (tertiary/aromatic N) is 1. The van der Waals surface area contributed by atoms with Gasteiger partial charge >= 0.3 is 6.18 Å². The molecular formula is C10H8F3N. The predicted octanol–water partition coefficient (Wildman–Crippen LogP) is 2.84. The number of alkyl halides is 3. The van der Waals surface area contributed by atoms with Gasteiger partial charge in [0.2, 0.25) is 5.54 Å². The summed E-state index contributed by atoms with van der Waals surface area (Å²) in [7, 11) is 0. The largest absolute Gasteiger partial charge is 0.422 e. The molecule has 0 saturated heterocycles. The summed E-state index contributed by atoms with van der Waals surface area (Å²) in [6, 6.07) is 6.25. The van der Waals surface area contributed by atoms with Crippen LogP contribution in [0.1, 0.15) is 11.1 Å². The Morgan fingerprint density at radius 2 is 1.64 bits per heavy atom. The van der Waals surface area contributed by atoms with E-state index < -0.39 is 11.7 Å². The van der Waals surface area contributed by atoms with Crippen LogP contribution in [0.2, 0.25) is 0 Å². The molecule has 0 fully saturated rings. The first-order valence-corrected chi connectivity index (χ1v) is 4.16. The van der Waals surface area contributed by atoms with Gasteiger partial charge in [-0.05, 0) is 12.5 Å². The Hall–Kier alpha value is -1.32. The molecule has 1 aliphatic heterocycles. The Labute approximate surface area is 79.3 Å². The van der Waals surface area contributed by atoms with Crippen LogP contribution in [0.3, 0.4) is 0 Å². The molecular weight excluding hydrogens is 191 g/mol. The van der Waals surface area contributed by atoms with Crippen molar-refractivity contribution in [2.24, 2.45) is 4.99 Å². The topological polar surface area (TPSA) is 12.4 Å². The summed E-state index contributed by atoms with van der Waals surface area (Å²) < 4.78 is 37.7. The molecule has 1 aromatic carbocycles. The van der Waals surface area contributed by atoms with Crippen molar-refractivity contribution in [2.75, 3.05) is 0 Å². The van der Waals surface area contributed by atoms with E-state index in [2.05, 4.69) is 4.99 Å². The van der Waals surface area contributed by atoms with Crippen LogP contribution >= 0.6 is 0 Å². The molecule has 2 rings (SSSR count). The Balaban J connectivity index is 2.37. The van der Waals surface area contributed by atoms with Gasteiger partial charge in [0.05, 0.1) is 0 Å². The van der Waals surface area contributed by atoms with Crippen LogP contribution in [0.15, 0.2) is 29.3 Å². The van der Waals surface area contributed by atoms with E-state index in [-0.39, 0.29) is 5.56 Å². The molecule has 0 spiro atoms. The number of hydrogen-bond donors (Lipinski definition) is 0. The van der Waals surface area contributed by atoms with Crippen molar-refractivity contribution in [3.05, 3.63) is 35.4 Å². The second-order valence-corrected chi connectivity index (χ2v) is 3.39. The summed E-state index contributed by atoms with van der Waals surface area (Å²) in [5.74, 6) is 0. The molecule has 1 atom stereocenters. The number of rotatable bonds is 1. The monoisotopic (exact) mass is 199 g/mol. The highest BCUT2D eigenvalue weighted by atomic mass is 19.4. The molecule has 0 amide bonds. The Kier molecular flexibility index (Phi) is 1.71. The number of benzene rings is 1. The van der Waals surface area contributed by atoms with Crippen LogP contribution < -0.4 is 0 Å². The van der Waals surface area contributed by atoms with Crippen molar-refractivity contribution in [1.82, 2.24) is 0 Å². The second-order valence-electron chi connectivity index (χ2n) is 3.39. The minimum Gasteiger partial charge on any atom is -0.267 e. The average Bonchev–Trinajstić information content (AvgIpc) is 2.84.